The zero-order valence-electron chi connectivity index (χ0n) is 12.9. The molecule has 112 valence electrons. The van der Waals surface area contributed by atoms with Crippen molar-refractivity contribution in [2.75, 3.05) is 18.4 Å². The first-order valence-electron chi connectivity index (χ1n) is 7.04. The minimum absolute atomic E-state index is 0.199. The van der Waals surface area contributed by atoms with Crippen LogP contribution in [0.3, 0.4) is 0 Å². The molecule has 0 aromatic heterocycles. The van der Waals surface area contributed by atoms with Crippen LogP contribution in [-0.2, 0) is 4.74 Å². The molecule has 1 amide bonds. The van der Waals surface area contributed by atoms with E-state index in [2.05, 4.69) is 11.4 Å². The van der Waals surface area contributed by atoms with Crippen LogP contribution in [-0.4, -0.2) is 35.7 Å². The summed E-state index contributed by atoms with van der Waals surface area (Å²) < 4.78 is 5.32. The molecule has 21 heavy (non-hydrogen) atoms. The molecule has 1 saturated heterocycles. The number of rotatable bonds is 2. The Labute approximate surface area is 125 Å². The minimum atomic E-state index is -0.465. The number of carbonyl (C=O) groups is 1. The van der Waals surface area contributed by atoms with Gasteiger partial charge in [0.2, 0.25) is 0 Å². The van der Waals surface area contributed by atoms with E-state index in [4.69, 9.17) is 10.00 Å². The predicted molar refractivity (Wildman–Crippen MR) is 81.1 cm³/mol. The summed E-state index contributed by atoms with van der Waals surface area (Å²) in [7, 11) is 0. The molecule has 0 aliphatic carbocycles. The van der Waals surface area contributed by atoms with Gasteiger partial charge in [0.1, 0.15) is 5.60 Å². The molecule has 1 aromatic rings. The van der Waals surface area contributed by atoms with Crippen LogP contribution < -0.4 is 5.32 Å². The van der Waals surface area contributed by atoms with E-state index in [1.165, 1.54) is 0 Å². The van der Waals surface area contributed by atoms with Crippen LogP contribution in [0.25, 0.3) is 0 Å². The van der Waals surface area contributed by atoms with Crippen LogP contribution in [0.15, 0.2) is 18.2 Å². The van der Waals surface area contributed by atoms with Crippen LogP contribution in [0.1, 0.15) is 31.9 Å². The maximum absolute atomic E-state index is 11.8. The molecule has 1 heterocycles. The average molecular weight is 287 g/mol. The highest BCUT2D eigenvalue weighted by molar-refractivity contribution is 5.70. The number of hydrogen-bond donors (Lipinski definition) is 1. The molecule has 5 heteroatoms. The number of nitrogens with one attached hydrogen (secondary N) is 1. The number of likely N-dealkylation sites (tertiary alicyclic amines) is 1. The minimum Gasteiger partial charge on any atom is -0.444 e. The Morgan fingerprint density at radius 3 is 2.67 bits per heavy atom. The molecule has 0 atom stereocenters. The van der Waals surface area contributed by atoms with Gasteiger partial charge in [0.05, 0.1) is 17.7 Å². The number of benzene rings is 1. The lowest BCUT2D eigenvalue weighted by atomic mass is 10.1. The second-order valence-electron chi connectivity index (χ2n) is 6.37. The van der Waals surface area contributed by atoms with E-state index < -0.39 is 5.60 Å². The Morgan fingerprint density at radius 1 is 1.43 bits per heavy atom. The lowest BCUT2D eigenvalue weighted by Gasteiger charge is -2.40. The van der Waals surface area contributed by atoms with Gasteiger partial charge in [-0.2, -0.15) is 5.26 Å². The Kier molecular flexibility index (Phi) is 4.08. The second-order valence-corrected chi connectivity index (χ2v) is 6.37. The molecular formula is C16H21N3O2. The molecule has 0 bridgehead atoms. The fraction of sp³-hybridized carbons (Fsp3) is 0.500. The van der Waals surface area contributed by atoms with Gasteiger partial charge in [-0.1, -0.05) is 6.07 Å². The summed E-state index contributed by atoms with van der Waals surface area (Å²) in [6.07, 6.45) is -0.275. The summed E-state index contributed by atoms with van der Waals surface area (Å²) in [6.45, 7) is 8.80. The Bertz CT molecular complexity index is 578. The lowest BCUT2D eigenvalue weighted by Crippen LogP contribution is -2.58. The fourth-order valence-corrected chi connectivity index (χ4v) is 2.11. The number of nitriles is 1. The number of nitrogens with zero attached hydrogens (tertiary/aromatic N) is 2. The van der Waals surface area contributed by atoms with Gasteiger partial charge in [-0.25, -0.2) is 4.79 Å². The quantitative estimate of drug-likeness (QED) is 0.908. The van der Waals surface area contributed by atoms with Crippen molar-refractivity contribution >= 4 is 11.8 Å². The summed E-state index contributed by atoms with van der Waals surface area (Å²) in [4.78, 5) is 13.5. The molecule has 1 aliphatic rings. The maximum Gasteiger partial charge on any atom is 0.410 e. The summed E-state index contributed by atoms with van der Waals surface area (Å²) in [5.74, 6) is 0. The smallest absolute Gasteiger partial charge is 0.410 e. The summed E-state index contributed by atoms with van der Waals surface area (Å²) in [6, 6.07) is 7.89. The molecule has 1 aliphatic heterocycles. The summed E-state index contributed by atoms with van der Waals surface area (Å²) in [5.41, 5.74) is 2.20. The van der Waals surface area contributed by atoms with E-state index in [0.717, 1.165) is 11.3 Å². The number of hydrogen-bond acceptors (Lipinski definition) is 4. The highest BCUT2D eigenvalue weighted by Gasteiger charge is 2.33. The highest BCUT2D eigenvalue weighted by atomic mass is 16.6. The van der Waals surface area contributed by atoms with E-state index in [9.17, 15) is 4.79 Å². The van der Waals surface area contributed by atoms with Gasteiger partial charge in [0.15, 0.2) is 0 Å². The van der Waals surface area contributed by atoms with Crippen molar-refractivity contribution in [3.8, 4) is 6.07 Å². The molecule has 0 radical (unpaired) electrons. The fourth-order valence-electron chi connectivity index (χ4n) is 2.11. The van der Waals surface area contributed by atoms with Crippen LogP contribution in [0.5, 0.6) is 0 Å². The highest BCUT2D eigenvalue weighted by Crippen LogP contribution is 2.22. The number of ether oxygens (including phenoxy) is 1. The van der Waals surface area contributed by atoms with E-state index in [0.29, 0.717) is 18.7 Å². The Morgan fingerprint density at radius 2 is 2.10 bits per heavy atom. The number of carbonyl (C=O) groups excluding carboxylic acids is 1. The Hall–Kier alpha value is -2.22. The predicted octanol–water partition coefficient (Wildman–Crippen LogP) is 2.90. The molecule has 0 saturated carbocycles. The van der Waals surface area contributed by atoms with Gasteiger partial charge in [0, 0.05) is 18.8 Å². The topological polar surface area (TPSA) is 65.4 Å². The maximum atomic E-state index is 11.8. The van der Waals surface area contributed by atoms with E-state index >= 15 is 0 Å². The summed E-state index contributed by atoms with van der Waals surface area (Å²) >= 11 is 0. The monoisotopic (exact) mass is 287 g/mol. The van der Waals surface area contributed by atoms with Gasteiger partial charge >= 0.3 is 6.09 Å². The molecule has 5 nitrogen and oxygen atoms in total. The molecule has 0 spiro atoms. The molecule has 1 N–H and O–H groups in total. The van der Waals surface area contributed by atoms with Crippen LogP contribution in [0.2, 0.25) is 0 Å². The van der Waals surface area contributed by atoms with Crippen LogP contribution >= 0.6 is 0 Å². The van der Waals surface area contributed by atoms with E-state index in [-0.39, 0.29) is 12.1 Å². The van der Waals surface area contributed by atoms with Crippen molar-refractivity contribution in [2.45, 2.75) is 39.3 Å². The standard InChI is InChI=1S/C16H21N3O2/c1-11-5-6-12(8-17)7-14(11)18-13-9-19(10-13)15(20)21-16(2,3)4/h5-7,13,18H,9-10H2,1-4H3. The van der Waals surface area contributed by atoms with Crippen molar-refractivity contribution in [1.82, 2.24) is 4.90 Å². The molecule has 1 fully saturated rings. The van der Waals surface area contributed by atoms with Gasteiger partial charge in [-0.05, 0) is 45.4 Å². The molecule has 1 aromatic carbocycles. The van der Waals surface area contributed by atoms with E-state index in [1.54, 1.807) is 11.0 Å². The third-order valence-electron chi connectivity index (χ3n) is 3.26. The van der Waals surface area contributed by atoms with Crippen LogP contribution in [0, 0.1) is 18.3 Å². The zero-order chi connectivity index (χ0) is 15.6. The van der Waals surface area contributed by atoms with Crippen molar-refractivity contribution in [3.63, 3.8) is 0 Å². The third kappa shape index (κ3) is 3.88. The Balaban J connectivity index is 1.89. The average Bonchev–Trinajstić information content (AvgIpc) is 2.32. The summed E-state index contributed by atoms with van der Waals surface area (Å²) in [5, 5.41) is 12.3. The first-order valence-corrected chi connectivity index (χ1v) is 7.04. The molecule has 0 unspecified atom stereocenters. The second kappa shape index (κ2) is 5.65. The number of amides is 1. The largest absolute Gasteiger partial charge is 0.444 e. The van der Waals surface area contributed by atoms with Gasteiger partial charge in [-0.15, -0.1) is 0 Å². The normalized spacial score (nSPS) is 15.1. The lowest BCUT2D eigenvalue weighted by molar-refractivity contribution is 0.0105. The van der Waals surface area contributed by atoms with Gasteiger partial charge in [-0.3, -0.25) is 0 Å². The third-order valence-corrected chi connectivity index (χ3v) is 3.26. The van der Waals surface area contributed by atoms with Crippen molar-refractivity contribution in [2.24, 2.45) is 0 Å². The molecule has 2 rings (SSSR count). The van der Waals surface area contributed by atoms with Gasteiger partial charge < -0.3 is 15.0 Å². The SMILES string of the molecule is Cc1ccc(C#N)cc1NC1CN(C(=O)OC(C)(C)C)C1. The van der Waals surface area contributed by atoms with Crippen molar-refractivity contribution in [3.05, 3.63) is 29.3 Å². The zero-order valence-corrected chi connectivity index (χ0v) is 12.9. The molecular weight excluding hydrogens is 266 g/mol. The van der Waals surface area contributed by atoms with Crippen molar-refractivity contribution < 1.29 is 9.53 Å². The first kappa shape index (κ1) is 15.2. The number of aryl methyl sites for hydroxylation is 1. The van der Waals surface area contributed by atoms with Gasteiger partial charge in [0.25, 0.3) is 0 Å². The van der Waals surface area contributed by atoms with Crippen molar-refractivity contribution in [1.29, 1.82) is 5.26 Å². The van der Waals surface area contributed by atoms with Crippen LogP contribution in [0.4, 0.5) is 10.5 Å². The van der Waals surface area contributed by atoms with E-state index in [1.807, 2.05) is 39.8 Å². The first-order chi connectivity index (χ1) is 9.78. The number of anilines is 1.